The zero-order valence-electron chi connectivity index (χ0n) is 12.0. The van der Waals surface area contributed by atoms with E-state index < -0.39 is 0 Å². The number of ether oxygens (including phenoxy) is 1. The highest BCUT2D eigenvalue weighted by Crippen LogP contribution is 2.32. The molecule has 1 fully saturated rings. The summed E-state index contributed by atoms with van der Waals surface area (Å²) >= 11 is 0. The predicted octanol–water partition coefficient (Wildman–Crippen LogP) is -0.131. The average molecular weight is 280 g/mol. The summed E-state index contributed by atoms with van der Waals surface area (Å²) < 4.78 is 4.82. The van der Waals surface area contributed by atoms with E-state index in [1.165, 1.54) is 13.4 Å². The van der Waals surface area contributed by atoms with Crippen molar-refractivity contribution in [1.29, 1.82) is 5.41 Å². The van der Waals surface area contributed by atoms with Crippen LogP contribution in [0.3, 0.4) is 0 Å². The Morgan fingerprint density at radius 1 is 1.45 bits per heavy atom. The second-order valence-corrected chi connectivity index (χ2v) is 4.66. The van der Waals surface area contributed by atoms with E-state index in [9.17, 15) is 0 Å². The quantitative estimate of drug-likeness (QED) is 0.183. The summed E-state index contributed by atoms with van der Waals surface area (Å²) in [5.74, 6) is 1.21. The topological polar surface area (TPSA) is 122 Å². The van der Waals surface area contributed by atoms with Crippen LogP contribution in [0.1, 0.15) is 12.8 Å². The molecule has 1 aliphatic carbocycles. The first-order chi connectivity index (χ1) is 9.58. The van der Waals surface area contributed by atoms with Gasteiger partial charge in [0.25, 0.3) is 0 Å². The molecule has 1 saturated carbocycles. The van der Waals surface area contributed by atoms with Gasteiger partial charge in [0, 0.05) is 19.3 Å². The van der Waals surface area contributed by atoms with E-state index in [1.54, 1.807) is 19.2 Å². The number of rotatable bonds is 8. The van der Waals surface area contributed by atoms with Gasteiger partial charge in [-0.25, -0.2) is 0 Å². The lowest BCUT2D eigenvalue weighted by atomic mass is 10.1. The smallest absolute Gasteiger partial charge is 0.183 e. The van der Waals surface area contributed by atoms with E-state index in [0.717, 1.165) is 12.8 Å². The molecule has 0 saturated heterocycles. The summed E-state index contributed by atoms with van der Waals surface area (Å²) in [4.78, 5) is 3.81. The van der Waals surface area contributed by atoms with Gasteiger partial charge in [-0.2, -0.15) is 0 Å². The second-order valence-electron chi connectivity index (χ2n) is 4.66. The number of hydrogen-bond acceptors (Lipinski definition) is 6. The van der Waals surface area contributed by atoms with E-state index in [-0.39, 0.29) is 6.04 Å². The van der Waals surface area contributed by atoms with Crippen LogP contribution in [0.4, 0.5) is 0 Å². The van der Waals surface area contributed by atoms with E-state index in [4.69, 9.17) is 21.6 Å². The first-order valence-electron chi connectivity index (χ1n) is 6.53. The van der Waals surface area contributed by atoms with Crippen LogP contribution in [0.25, 0.3) is 0 Å². The second kappa shape index (κ2) is 8.21. The molecule has 0 amide bonds. The fourth-order valence-corrected chi connectivity index (χ4v) is 1.70. The molecule has 20 heavy (non-hydrogen) atoms. The maximum Gasteiger partial charge on any atom is 0.183 e. The SMILES string of the molecule is CN=CNC(=N)C(NC/C(N)=C/C=C(\N)OC)C1CC1. The van der Waals surface area contributed by atoms with E-state index in [2.05, 4.69) is 15.6 Å². The molecule has 0 aromatic carbocycles. The largest absolute Gasteiger partial charge is 0.483 e. The van der Waals surface area contributed by atoms with Crippen LogP contribution < -0.4 is 22.1 Å². The number of nitrogens with zero attached hydrogens (tertiary/aromatic N) is 1. The summed E-state index contributed by atoms with van der Waals surface area (Å²) in [6.07, 6.45) is 7.08. The fourth-order valence-electron chi connectivity index (χ4n) is 1.70. The molecule has 1 rings (SSSR count). The summed E-state index contributed by atoms with van der Waals surface area (Å²) in [6, 6.07) is -0.0244. The number of hydrogen-bond donors (Lipinski definition) is 5. The molecular formula is C13H24N6O. The predicted molar refractivity (Wildman–Crippen MR) is 81.3 cm³/mol. The zero-order valence-corrected chi connectivity index (χ0v) is 12.0. The third-order valence-electron chi connectivity index (χ3n) is 2.98. The molecule has 0 radical (unpaired) electrons. The molecule has 7 nitrogen and oxygen atoms in total. The van der Waals surface area contributed by atoms with Gasteiger partial charge in [0.2, 0.25) is 0 Å². The first kappa shape index (κ1) is 16.0. The van der Waals surface area contributed by atoms with Crippen LogP contribution in [0, 0.1) is 11.3 Å². The average Bonchev–Trinajstić information content (AvgIpc) is 3.27. The van der Waals surface area contributed by atoms with E-state index in [1.807, 2.05) is 0 Å². The first-order valence-corrected chi connectivity index (χ1v) is 6.53. The van der Waals surface area contributed by atoms with Gasteiger partial charge in [-0.3, -0.25) is 10.4 Å². The van der Waals surface area contributed by atoms with Crippen molar-refractivity contribution in [1.82, 2.24) is 10.6 Å². The zero-order chi connectivity index (χ0) is 15.0. The Hall–Kier alpha value is -2.02. The summed E-state index contributed by atoms with van der Waals surface area (Å²) in [7, 11) is 3.16. The molecule has 0 bridgehead atoms. The number of nitrogens with one attached hydrogen (secondary N) is 3. The van der Waals surface area contributed by atoms with Gasteiger partial charge in [0.1, 0.15) is 5.84 Å². The maximum atomic E-state index is 7.99. The van der Waals surface area contributed by atoms with Crippen molar-refractivity contribution in [3.05, 3.63) is 23.7 Å². The molecular weight excluding hydrogens is 256 g/mol. The van der Waals surface area contributed by atoms with Crippen LogP contribution in [-0.4, -0.2) is 38.9 Å². The highest BCUT2D eigenvalue weighted by molar-refractivity contribution is 5.93. The number of amidine groups is 1. The Bertz CT molecular complexity index is 411. The summed E-state index contributed by atoms with van der Waals surface area (Å²) in [5, 5.41) is 14.1. The standard InChI is InChI=1S/C13H24N6O/c1-17-8-19-13(16)12(9-3-4-9)18-7-10(14)5-6-11(15)20-2/h5-6,8-9,12,18H,3-4,7,14-15H2,1-2H3,(H2,16,17,19)/b10-5-,11-6+. The van der Waals surface area contributed by atoms with Gasteiger partial charge in [-0.05, 0) is 30.9 Å². The molecule has 0 aromatic heterocycles. The third kappa shape index (κ3) is 5.75. The molecule has 1 unspecified atom stereocenters. The Morgan fingerprint density at radius 2 is 2.15 bits per heavy atom. The van der Waals surface area contributed by atoms with Crippen molar-refractivity contribution in [2.24, 2.45) is 22.4 Å². The minimum absolute atomic E-state index is 0.0244. The van der Waals surface area contributed by atoms with Crippen molar-refractivity contribution >= 4 is 12.2 Å². The number of aliphatic imine (C=N–C) groups is 1. The molecule has 0 spiro atoms. The lowest BCUT2D eigenvalue weighted by Crippen LogP contribution is -2.46. The van der Waals surface area contributed by atoms with Crippen LogP contribution >= 0.6 is 0 Å². The highest BCUT2D eigenvalue weighted by Gasteiger charge is 2.33. The van der Waals surface area contributed by atoms with Crippen molar-refractivity contribution in [3.63, 3.8) is 0 Å². The lowest BCUT2D eigenvalue weighted by Gasteiger charge is -2.19. The van der Waals surface area contributed by atoms with E-state index >= 15 is 0 Å². The molecule has 0 aliphatic heterocycles. The van der Waals surface area contributed by atoms with Gasteiger partial charge in [0.05, 0.1) is 19.5 Å². The van der Waals surface area contributed by atoms with Gasteiger partial charge >= 0.3 is 0 Å². The molecule has 1 aliphatic rings. The van der Waals surface area contributed by atoms with Crippen LogP contribution in [-0.2, 0) is 4.74 Å². The Balaban J connectivity index is 2.48. The van der Waals surface area contributed by atoms with Crippen molar-refractivity contribution in [2.45, 2.75) is 18.9 Å². The Kier molecular flexibility index (Phi) is 6.58. The monoisotopic (exact) mass is 280 g/mol. The highest BCUT2D eigenvalue weighted by atomic mass is 16.5. The van der Waals surface area contributed by atoms with Crippen molar-refractivity contribution in [3.8, 4) is 0 Å². The number of allylic oxidation sites excluding steroid dienone is 2. The van der Waals surface area contributed by atoms with Gasteiger partial charge < -0.3 is 26.8 Å². The fraction of sp³-hybridized carbons (Fsp3) is 0.538. The maximum absolute atomic E-state index is 7.99. The summed E-state index contributed by atoms with van der Waals surface area (Å²) in [5.41, 5.74) is 12.0. The molecule has 112 valence electrons. The van der Waals surface area contributed by atoms with Gasteiger partial charge in [-0.1, -0.05) is 0 Å². The Labute approximate surface area is 119 Å². The minimum atomic E-state index is -0.0244. The third-order valence-corrected chi connectivity index (χ3v) is 2.98. The Morgan fingerprint density at radius 3 is 2.70 bits per heavy atom. The van der Waals surface area contributed by atoms with E-state index in [0.29, 0.717) is 29.9 Å². The normalized spacial score (nSPS) is 18.1. The van der Waals surface area contributed by atoms with Crippen LogP contribution in [0.5, 0.6) is 0 Å². The van der Waals surface area contributed by atoms with Gasteiger partial charge in [0.15, 0.2) is 5.88 Å². The number of methoxy groups -OCH3 is 1. The van der Waals surface area contributed by atoms with Gasteiger partial charge in [-0.15, -0.1) is 0 Å². The molecule has 0 aromatic rings. The lowest BCUT2D eigenvalue weighted by molar-refractivity contribution is 0.287. The van der Waals surface area contributed by atoms with Crippen LogP contribution in [0.2, 0.25) is 0 Å². The molecule has 7 heteroatoms. The molecule has 7 N–H and O–H groups in total. The molecule has 0 heterocycles. The molecule has 1 atom stereocenters. The van der Waals surface area contributed by atoms with Crippen molar-refractivity contribution in [2.75, 3.05) is 20.7 Å². The summed E-state index contributed by atoms with van der Waals surface area (Å²) in [6.45, 7) is 0.488. The van der Waals surface area contributed by atoms with Crippen molar-refractivity contribution < 1.29 is 4.74 Å². The van der Waals surface area contributed by atoms with Crippen LogP contribution in [0.15, 0.2) is 28.7 Å². The minimum Gasteiger partial charge on any atom is -0.483 e. The number of nitrogens with two attached hydrogens (primary N) is 2.